The first-order valence-corrected chi connectivity index (χ1v) is 7.62. The highest BCUT2D eigenvalue weighted by Gasteiger charge is 2.22. The summed E-state index contributed by atoms with van der Waals surface area (Å²) in [5.41, 5.74) is 0.941. The van der Waals surface area contributed by atoms with Crippen molar-refractivity contribution in [2.24, 2.45) is 5.92 Å². The van der Waals surface area contributed by atoms with E-state index in [0.717, 1.165) is 12.0 Å². The highest BCUT2D eigenvalue weighted by Crippen LogP contribution is 2.24. The summed E-state index contributed by atoms with van der Waals surface area (Å²) in [6, 6.07) is 5.70. The number of amides is 1. The zero-order valence-corrected chi connectivity index (χ0v) is 12.9. The molecule has 0 spiro atoms. The standard InChI is InChI=1S/C16H22ClNO2/c1-11-5-3-4-6-14(11)18-16(19)10-20-15-8-7-13(17)9-12(15)2/h7-9,11,14H,3-6,10H2,1-2H3,(H,18,19)/t11-,14-/m0/s1. The molecule has 3 nitrogen and oxygen atoms in total. The molecule has 1 aromatic rings. The number of halogens is 1. The molecule has 0 unspecified atom stereocenters. The summed E-state index contributed by atoms with van der Waals surface area (Å²) in [6.45, 7) is 4.18. The molecule has 0 aromatic heterocycles. The van der Waals surface area contributed by atoms with Gasteiger partial charge in [0.1, 0.15) is 5.75 Å². The number of hydrogen-bond acceptors (Lipinski definition) is 2. The Morgan fingerprint density at radius 3 is 2.85 bits per heavy atom. The lowest BCUT2D eigenvalue weighted by Crippen LogP contribution is -2.43. The number of aryl methyl sites for hydroxylation is 1. The Kier molecular flexibility index (Phi) is 5.30. The van der Waals surface area contributed by atoms with Gasteiger partial charge in [0.15, 0.2) is 6.61 Å². The van der Waals surface area contributed by atoms with Crippen molar-refractivity contribution in [2.75, 3.05) is 6.61 Å². The predicted molar refractivity (Wildman–Crippen MR) is 81.2 cm³/mol. The van der Waals surface area contributed by atoms with Gasteiger partial charge in [-0.3, -0.25) is 4.79 Å². The summed E-state index contributed by atoms with van der Waals surface area (Å²) < 4.78 is 5.56. The molecule has 1 saturated carbocycles. The summed E-state index contributed by atoms with van der Waals surface area (Å²) in [5, 5.41) is 3.76. The molecule has 1 fully saturated rings. The number of hydrogen-bond donors (Lipinski definition) is 1. The molecule has 1 N–H and O–H groups in total. The third kappa shape index (κ3) is 4.14. The normalized spacial score (nSPS) is 22.4. The Morgan fingerprint density at radius 1 is 1.40 bits per heavy atom. The molecule has 1 aromatic carbocycles. The Bertz CT molecular complexity index is 476. The van der Waals surface area contributed by atoms with E-state index in [0.29, 0.717) is 22.7 Å². The fourth-order valence-corrected chi connectivity index (χ4v) is 2.92. The SMILES string of the molecule is Cc1cc(Cl)ccc1OCC(=O)N[C@H]1CCCC[C@@H]1C. The number of ether oxygens (including phenoxy) is 1. The lowest BCUT2D eigenvalue weighted by atomic mass is 9.86. The van der Waals surface area contributed by atoms with Crippen LogP contribution in [0.1, 0.15) is 38.2 Å². The highest BCUT2D eigenvalue weighted by atomic mass is 35.5. The van der Waals surface area contributed by atoms with Crippen molar-refractivity contribution in [3.8, 4) is 5.75 Å². The van der Waals surface area contributed by atoms with Crippen molar-refractivity contribution in [3.63, 3.8) is 0 Å². The van der Waals surface area contributed by atoms with Gasteiger partial charge in [0.05, 0.1) is 0 Å². The van der Waals surface area contributed by atoms with Crippen molar-refractivity contribution >= 4 is 17.5 Å². The lowest BCUT2D eigenvalue weighted by molar-refractivity contribution is -0.124. The summed E-state index contributed by atoms with van der Waals surface area (Å²) in [5.74, 6) is 1.23. The maximum absolute atomic E-state index is 11.9. The van der Waals surface area contributed by atoms with Gasteiger partial charge < -0.3 is 10.1 Å². The first kappa shape index (κ1) is 15.2. The molecule has 0 saturated heterocycles. The van der Waals surface area contributed by atoms with Crippen LogP contribution in [0.2, 0.25) is 5.02 Å². The van der Waals surface area contributed by atoms with Gasteiger partial charge >= 0.3 is 0 Å². The highest BCUT2D eigenvalue weighted by molar-refractivity contribution is 6.30. The minimum absolute atomic E-state index is 0.0434. The largest absolute Gasteiger partial charge is 0.484 e. The van der Waals surface area contributed by atoms with E-state index in [2.05, 4.69) is 12.2 Å². The van der Waals surface area contributed by atoms with E-state index in [1.807, 2.05) is 13.0 Å². The predicted octanol–water partition coefficient (Wildman–Crippen LogP) is 3.72. The molecule has 0 radical (unpaired) electrons. The van der Waals surface area contributed by atoms with E-state index < -0.39 is 0 Å². The van der Waals surface area contributed by atoms with Gasteiger partial charge in [-0.15, -0.1) is 0 Å². The molecular weight excluding hydrogens is 274 g/mol. The van der Waals surface area contributed by atoms with Gasteiger partial charge in [-0.05, 0) is 49.4 Å². The first-order valence-electron chi connectivity index (χ1n) is 7.24. The number of benzene rings is 1. The number of carbonyl (C=O) groups excluding carboxylic acids is 1. The fraction of sp³-hybridized carbons (Fsp3) is 0.562. The Morgan fingerprint density at radius 2 is 2.15 bits per heavy atom. The smallest absolute Gasteiger partial charge is 0.258 e. The Hall–Kier alpha value is -1.22. The van der Waals surface area contributed by atoms with Gasteiger partial charge in [-0.2, -0.15) is 0 Å². The van der Waals surface area contributed by atoms with Gasteiger partial charge in [0, 0.05) is 11.1 Å². The second kappa shape index (κ2) is 6.98. The van der Waals surface area contributed by atoms with E-state index >= 15 is 0 Å². The lowest BCUT2D eigenvalue weighted by Gasteiger charge is -2.29. The third-order valence-corrected chi connectivity index (χ3v) is 4.19. The molecule has 1 aliphatic carbocycles. The maximum atomic E-state index is 11.9. The molecule has 110 valence electrons. The van der Waals surface area contributed by atoms with E-state index in [1.165, 1.54) is 19.3 Å². The van der Waals surface area contributed by atoms with E-state index in [9.17, 15) is 4.79 Å². The van der Waals surface area contributed by atoms with Crippen molar-refractivity contribution in [1.82, 2.24) is 5.32 Å². The van der Waals surface area contributed by atoms with Gasteiger partial charge in [0.25, 0.3) is 5.91 Å². The van der Waals surface area contributed by atoms with Gasteiger partial charge in [-0.1, -0.05) is 31.4 Å². The second-order valence-corrected chi connectivity index (χ2v) is 6.07. The van der Waals surface area contributed by atoms with Crippen molar-refractivity contribution < 1.29 is 9.53 Å². The third-order valence-electron chi connectivity index (χ3n) is 3.95. The summed E-state index contributed by atoms with van der Waals surface area (Å²) >= 11 is 5.89. The van der Waals surface area contributed by atoms with Crippen LogP contribution in [0.3, 0.4) is 0 Å². The minimum Gasteiger partial charge on any atom is -0.484 e. The van der Waals surface area contributed by atoms with Gasteiger partial charge in [0.2, 0.25) is 0 Å². The number of carbonyl (C=O) groups is 1. The number of nitrogens with one attached hydrogen (secondary N) is 1. The second-order valence-electron chi connectivity index (χ2n) is 5.63. The average molecular weight is 296 g/mol. The van der Waals surface area contributed by atoms with E-state index in [-0.39, 0.29) is 12.5 Å². The Balaban J connectivity index is 1.82. The van der Waals surface area contributed by atoms with Crippen LogP contribution in [0, 0.1) is 12.8 Å². The first-order chi connectivity index (χ1) is 9.56. The molecule has 1 aliphatic rings. The van der Waals surface area contributed by atoms with Crippen molar-refractivity contribution in [3.05, 3.63) is 28.8 Å². The van der Waals surface area contributed by atoms with Crippen LogP contribution in [-0.4, -0.2) is 18.6 Å². The monoisotopic (exact) mass is 295 g/mol. The van der Waals surface area contributed by atoms with Crippen LogP contribution in [-0.2, 0) is 4.79 Å². The quantitative estimate of drug-likeness (QED) is 0.919. The molecule has 1 amide bonds. The van der Waals surface area contributed by atoms with E-state index in [4.69, 9.17) is 16.3 Å². The fourth-order valence-electron chi connectivity index (χ4n) is 2.70. The minimum atomic E-state index is -0.0434. The topological polar surface area (TPSA) is 38.3 Å². The molecule has 4 heteroatoms. The average Bonchev–Trinajstić information content (AvgIpc) is 2.40. The summed E-state index contributed by atoms with van der Waals surface area (Å²) in [7, 11) is 0. The molecule has 0 aliphatic heterocycles. The molecule has 0 heterocycles. The number of rotatable bonds is 4. The van der Waals surface area contributed by atoms with Crippen molar-refractivity contribution in [2.45, 2.75) is 45.6 Å². The zero-order valence-electron chi connectivity index (χ0n) is 12.1. The van der Waals surface area contributed by atoms with Crippen LogP contribution in [0.5, 0.6) is 5.75 Å². The van der Waals surface area contributed by atoms with E-state index in [1.54, 1.807) is 12.1 Å². The molecule has 20 heavy (non-hydrogen) atoms. The summed E-state index contributed by atoms with van der Waals surface area (Å²) in [4.78, 5) is 11.9. The molecule has 2 atom stereocenters. The maximum Gasteiger partial charge on any atom is 0.258 e. The molecule has 0 bridgehead atoms. The van der Waals surface area contributed by atoms with Gasteiger partial charge in [-0.25, -0.2) is 0 Å². The van der Waals surface area contributed by atoms with Crippen LogP contribution in [0.15, 0.2) is 18.2 Å². The van der Waals surface area contributed by atoms with Crippen LogP contribution >= 0.6 is 11.6 Å². The summed E-state index contributed by atoms with van der Waals surface area (Å²) in [6.07, 6.45) is 4.75. The van der Waals surface area contributed by atoms with Crippen LogP contribution in [0.4, 0.5) is 0 Å². The van der Waals surface area contributed by atoms with Crippen LogP contribution in [0.25, 0.3) is 0 Å². The Labute approximate surface area is 125 Å². The van der Waals surface area contributed by atoms with Crippen LogP contribution < -0.4 is 10.1 Å². The zero-order chi connectivity index (χ0) is 14.5. The molecular formula is C16H22ClNO2. The van der Waals surface area contributed by atoms with Crippen molar-refractivity contribution in [1.29, 1.82) is 0 Å². The molecule has 2 rings (SSSR count).